The fraction of sp³-hybridized carbons (Fsp3) is 0.190. The van der Waals surface area contributed by atoms with Gasteiger partial charge in [0.05, 0.1) is 4.91 Å². The maximum absolute atomic E-state index is 12.6. The number of hydrogen-bond acceptors (Lipinski definition) is 6. The summed E-state index contributed by atoms with van der Waals surface area (Å²) in [6.07, 6.45) is 1.61. The monoisotopic (exact) mass is 410 g/mol. The third kappa shape index (κ3) is 3.97. The Hall–Kier alpha value is -3.26. The Morgan fingerprint density at radius 2 is 1.93 bits per heavy atom. The Kier molecular flexibility index (Phi) is 5.02. The number of amides is 3. The van der Waals surface area contributed by atoms with Gasteiger partial charge in [-0.15, -0.1) is 0 Å². The van der Waals surface area contributed by atoms with E-state index >= 15 is 0 Å². The highest BCUT2D eigenvalue weighted by atomic mass is 32.2. The van der Waals surface area contributed by atoms with Crippen LogP contribution in [0.15, 0.2) is 41.3 Å². The Morgan fingerprint density at radius 1 is 1.14 bits per heavy atom. The quantitative estimate of drug-likeness (QED) is 0.774. The molecule has 7 nitrogen and oxygen atoms in total. The van der Waals surface area contributed by atoms with E-state index in [9.17, 15) is 14.4 Å². The van der Waals surface area contributed by atoms with Crippen LogP contribution in [0.4, 0.5) is 10.5 Å². The van der Waals surface area contributed by atoms with Crippen LogP contribution in [-0.2, 0) is 9.59 Å². The smallest absolute Gasteiger partial charge is 0.294 e. The zero-order valence-electron chi connectivity index (χ0n) is 15.9. The number of nitrogens with one attached hydrogen (secondary N) is 1. The summed E-state index contributed by atoms with van der Waals surface area (Å²) in [6, 6.07) is 10.9. The zero-order chi connectivity index (χ0) is 20.5. The Balaban J connectivity index is 1.46. The first kappa shape index (κ1) is 19.1. The first-order valence-electron chi connectivity index (χ1n) is 8.93. The van der Waals surface area contributed by atoms with E-state index in [0.29, 0.717) is 22.7 Å². The van der Waals surface area contributed by atoms with Crippen LogP contribution in [0.5, 0.6) is 11.5 Å². The average Bonchev–Trinajstić information content (AvgIpc) is 3.24. The molecule has 0 unspecified atom stereocenters. The summed E-state index contributed by atoms with van der Waals surface area (Å²) in [6.45, 7) is 3.67. The van der Waals surface area contributed by atoms with Crippen molar-refractivity contribution in [2.75, 3.05) is 18.7 Å². The maximum Gasteiger partial charge on any atom is 0.294 e. The summed E-state index contributed by atoms with van der Waals surface area (Å²) in [4.78, 5) is 38.5. The molecule has 2 heterocycles. The van der Waals surface area contributed by atoms with Gasteiger partial charge in [0.2, 0.25) is 12.7 Å². The first-order chi connectivity index (χ1) is 13.9. The molecule has 4 rings (SSSR count). The average molecular weight is 410 g/mol. The topological polar surface area (TPSA) is 84.9 Å². The van der Waals surface area contributed by atoms with E-state index in [1.807, 2.05) is 26.0 Å². The normalized spacial score (nSPS) is 16.6. The molecule has 0 aromatic heterocycles. The van der Waals surface area contributed by atoms with Crippen molar-refractivity contribution < 1.29 is 23.9 Å². The largest absolute Gasteiger partial charge is 0.454 e. The lowest BCUT2D eigenvalue weighted by Gasteiger charge is -2.14. The van der Waals surface area contributed by atoms with Crippen LogP contribution in [0.25, 0.3) is 6.08 Å². The van der Waals surface area contributed by atoms with Gasteiger partial charge in [-0.05, 0) is 61.0 Å². The maximum atomic E-state index is 12.6. The molecule has 148 valence electrons. The number of rotatable bonds is 4. The Morgan fingerprint density at radius 3 is 2.72 bits per heavy atom. The van der Waals surface area contributed by atoms with Crippen LogP contribution in [-0.4, -0.2) is 35.3 Å². The van der Waals surface area contributed by atoms with Crippen molar-refractivity contribution in [3.05, 3.63) is 58.0 Å². The van der Waals surface area contributed by atoms with E-state index in [2.05, 4.69) is 5.32 Å². The number of ether oxygens (including phenoxy) is 2. The van der Waals surface area contributed by atoms with E-state index in [4.69, 9.17) is 9.47 Å². The molecule has 1 saturated heterocycles. The van der Waals surface area contributed by atoms with Gasteiger partial charge in [0.15, 0.2) is 11.5 Å². The summed E-state index contributed by atoms with van der Waals surface area (Å²) in [5.41, 5.74) is 3.36. The summed E-state index contributed by atoms with van der Waals surface area (Å²) in [7, 11) is 0. The second-order valence-corrected chi connectivity index (χ2v) is 7.74. The fourth-order valence-electron chi connectivity index (χ4n) is 3.08. The molecule has 2 aliphatic rings. The minimum absolute atomic E-state index is 0.158. The molecule has 2 aliphatic heterocycles. The number of benzene rings is 2. The number of aryl methyl sites for hydroxylation is 2. The van der Waals surface area contributed by atoms with Crippen molar-refractivity contribution in [3.63, 3.8) is 0 Å². The minimum Gasteiger partial charge on any atom is -0.454 e. The predicted octanol–water partition coefficient (Wildman–Crippen LogP) is 3.71. The molecule has 0 spiro atoms. The van der Waals surface area contributed by atoms with E-state index in [1.54, 1.807) is 30.3 Å². The molecule has 1 fully saturated rings. The number of fused-ring (bicyclic) bond motifs is 1. The predicted molar refractivity (Wildman–Crippen MR) is 110 cm³/mol. The SMILES string of the molecule is Cc1ccc(NC(=O)CN2C(=O)S/C(=C/c3ccc4c(c3)OCO4)C2=O)c(C)c1. The first-order valence-corrected chi connectivity index (χ1v) is 9.74. The Bertz CT molecular complexity index is 1060. The third-order valence-electron chi connectivity index (χ3n) is 4.53. The molecule has 2 aromatic rings. The lowest BCUT2D eigenvalue weighted by Crippen LogP contribution is -2.36. The van der Waals surface area contributed by atoms with Gasteiger partial charge in [-0.3, -0.25) is 19.3 Å². The van der Waals surface area contributed by atoms with E-state index < -0.39 is 17.1 Å². The molecule has 1 N–H and O–H groups in total. The van der Waals surface area contributed by atoms with Gasteiger partial charge >= 0.3 is 0 Å². The molecule has 0 saturated carbocycles. The number of carbonyl (C=O) groups is 3. The van der Waals surface area contributed by atoms with Gasteiger partial charge in [0.25, 0.3) is 11.1 Å². The van der Waals surface area contributed by atoms with Gasteiger partial charge in [-0.25, -0.2) is 0 Å². The number of carbonyl (C=O) groups excluding carboxylic acids is 3. The zero-order valence-corrected chi connectivity index (χ0v) is 16.7. The van der Waals surface area contributed by atoms with E-state index in [1.165, 1.54) is 0 Å². The van der Waals surface area contributed by atoms with Crippen molar-refractivity contribution in [2.45, 2.75) is 13.8 Å². The lowest BCUT2D eigenvalue weighted by atomic mass is 10.1. The Labute approximate surface area is 171 Å². The van der Waals surface area contributed by atoms with Crippen molar-refractivity contribution in [2.24, 2.45) is 0 Å². The standard InChI is InChI=1S/C21H18N2O5S/c1-12-3-5-15(13(2)7-12)22-19(24)10-23-20(25)18(29-21(23)26)9-14-4-6-16-17(8-14)28-11-27-16/h3-9H,10-11H2,1-2H3,(H,22,24)/b18-9+. The molecular weight excluding hydrogens is 392 g/mol. The minimum atomic E-state index is -0.492. The third-order valence-corrected chi connectivity index (χ3v) is 5.43. The molecule has 29 heavy (non-hydrogen) atoms. The summed E-state index contributed by atoms with van der Waals surface area (Å²) < 4.78 is 10.6. The lowest BCUT2D eigenvalue weighted by molar-refractivity contribution is -0.127. The highest BCUT2D eigenvalue weighted by Crippen LogP contribution is 2.36. The highest BCUT2D eigenvalue weighted by molar-refractivity contribution is 8.18. The summed E-state index contributed by atoms with van der Waals surface area (Å²) in [5.74, 6) is 0.307. The number of nitrogens with zero attached hydrogens (tertiary/aromatic N) is 1. The second-order valence-electron chi connectivity index (χ2n) is 6.75. The molecule has 0 atom stereocenters. The van der Waals surface area contributed by atoms with Crippen molar-refractivity contribution in [1.29, 1.82) is 0 Å². The molecule has 0 radical (unpaired) electrons. The molecule has 0 bridgehead atoms. The number of imide groups is 1. The van der Waals surface area contributed by atoms with Crippen LogP contribution in [0.3, 0.4) is 0 Å². The highest BCUT2D eigenvalue weighted by Gasteiger charge is 2.36. The van der Waals surface area contributed by atoms with Crippen molar-refractivity contribution in [3.8, 4) is 11.5 Å². The van der Waals surface area contributed by atoms with E-state index in [0.717, 1.165) is 27.8 Å². The van der Waals surface area contributed by atoms with Crippen LogP contribution >= 0.6 is 11.8 Å². The number of anilines is 1. The van der Waals surface area contributed by atoms with Crippen molar-refractivity contribution >= 4 is 40.6 Å². The van der Waals surface area contributed by atoms with Crippen LogP contribution in [0, 0.1) is 13.8 Å². The summed E-state index contributed by atoms with van der Waals surface area (Å²) in [5, 5.41) is 2.28. The van der Waals surface area contributed by atoms with Crippen LogP contribution < -0.4 is 14.8 Å². The van der Waals surface area contributed by atoms with Gasteiger partial charge in [0.1, 0.15) is 6.54 Å². The molecule has 0 aliphatic carbocycles. The second kappa shape index (κ2) is 7.63. The van der Waals surface area contributed by atoms with Gasteiger partial charge < -0.3 is 14.8 Å². The molecule has 3 amide bonds. The van der Waals surface area contributed by atoms with E-state index in [-0.39, 0.29) is 18.2 Å². The fourth-order valence-corrected chi connectivity index (χ4v) is 3.92. The molecule has 8 heteroatoms. The van der Waals surface area contributed by atoms with Gasteiger partial charge in [-0.2, -0.15) is 0 Å². The molecular formula is C21H18N2O5S. The van der Waals surface area contributed by atoms with Crippen molar-refractivity contribution in [1.82, 2.24) is 4.90 Å². The van der Waals surface area contributed by atoms with Gasteiger partial charge in [0, 0.05) is 5.69 Å². The number of hydrogen-bond donors (Lipinski definition) is 1. The summed E-state index contributed by atoms with van der Waals surface area (Å²) >= 11 is 0.810. The number of thioether (sulfide) groups is 1. The molecule has 2 aromatic carbocycles. The van der Waals surface area contributed by atoms with Gasteiger partial charge in [-0.1, -0.05) is 23.8 Å². The van der Waals surface area contributed by atoms with Crippen LogP contribution in [0.2, 0.25) is 0 Å². The van der Waals surface area contributed by atoms with Crippen LogP contribution in [0.1, 0.15) is 16.7 Å².